The number of carbonyl (C=O) groups excluding carboxylic acids is 3. The molecule has 2 heterocycles. The third-order valence-electron chi connectivity index (χ3n) is 3.47. The lowest BCUT2D eigenvalue weighted by Gasteiger charge is -2.17. The maximum absolute atomic E-state index is 11.6. The summed E-state index contributed by atoms with van der Waals surface area (Å²) in [5.74, 6) is -1.32. The van der Waals surface area contributed by atoms with E-state index >= 15 is 0 Å². The number of nitrogens with two attached hydrogens (primary N) is 1. The Morgan fingerprint density at radius 2 is 2.28 bits per heavy atom. The van der Waals surface area contributed by atoms with Crippen LogP contribution < -0.4 is 11.2 Å². The lowest BCUT2D eigenvalue weighted by Crippen LogP contribution is -2.32. The number of amides is 3. The molecule has 1 fully saturated rings. The normalized spacial score (nSPS) is 27.4. The van der Waals surface area contributed by atoms with Gasteiger partial charge in [0.2, 0.25) is 17.7 Å². The molecule has 2 aliphatic heterocycles. The van der Waals surface area contributed by atoms with E-state index in [1.165, 1.54) is 0 Å². The van der Waals surface area contributed by atoms with Crippen LogP contribution in [0.5, 0.6) is 0 Å². The van der Waals surface area contributed by atoms with Gasteiger partial charge >= 0.3 is 0 Å². The molecular formula is C11H16N4O3. The zero-order chi connectivity index (χ0) is 13.3. The fraction of sp³-hybridized carbons (Fsp3) is 0.636. The van der Waals surface area contributed by atoms with Gasteiger partial charge in [-0.2, -0.15) is 5.10 Å². The molecule has 3 N–H and O–H groups in total. The molecule has 0 aliphatic carbocycles. The predicted octanol–water partition coefficient (Wildman–Crippen LogP) is -1.17. The van der Waals surface area contributed by atoms with Crippen LogP contribution >= 0.6 is 0 Å². The Hall–Kier alpha value is -1.92. The molecule has 2 atom stereocenters. The van der Waals surface area contributed by atoms with Gasteiger partial charge < -0.3 is 10.6 Å². The van der Waals surface area contributed by atoms with E-state index in [1.807, 2.05) is 0 Å². The average Bonchev–Trinajstić information content (AvgIpc) is 2.82. The molecule has 7 heteroatoms. The minimum atomic E-state index is -0.442. The van der Waals surface area contributed by atoms with Gasteiger partial charge in [-0.3, -0.25) is 14.4 Å². The number of likely N-dealkylation sites (tertiary alicyclic amines) is 1. The molecule has 0 radical (unpaired) electrons. The second-order valence-corrected chi connectivity index (χ2v) is 4.71. The smallest absolute Gasteiger partial charge is 0.248 e. The Kier molecular flexibility index (Phi) is 3.31. The van der Waals surface area contributed by atoms with E-state index in [4.69, 9.17) is 5.73 Å². The van der Waals surface area contributed by atoms with Gasteiger partial charge in [0.15, 0.2) is 0 Å². The van der Waals surface area contributed by atoms with E-state index < -0.39 is 11.8 Å². The average molecular weight is 252 g/mol. The quantitative estimate of drug-likeness (QED) is 0.658. The monoisotopic (exact) mass is 252 g/mol. The third-order valence-corrected chi connectivity index (χ3v) is 3.47. The van der Waals surface area contributed by atoms with Crippen LogP contribution in [0.4, 0.5) is 0 Å². The fourth-order valence-corrected chi connectivity index (χ4v) is 2.29. The molecule has 0 aromatic heterocycles. The highest BCUT2D eigenvalue weighted by Gasteiger charge is 2.34. The Morgan fingerprint density at radius 1 is 1.56 bits per heavy atom. The summed E-state index contributed by atoms with van der Waals surface area (Å²) in [4.78, 5) is 35.7. The van der Waals surface area contributed by atoms with Crippen LogP contribution in [-0.2, 0) is 14.4 Å². The summed E-state index contributed by atoms with van der Waals surface area (Å²) in [5.41, 5.74) is 8.32. The summed E-state index contributed by atoms with van der Waals surface area (Å²) >= 11 is 0. The van der Waals surface area contributed by atoms with Gasteiger partial charge in [0.05, 0.1) is 11.8 Å². The highest BCUT2D eigenvalue weighted by atomic mass is 16.2. The van der Waals surface area contributed by atoms with E-state index in [0.29, 0.717) is 19.5 Å². The van der Waals surface area contributed by atoms with Crippen molar-refractivity contribution in [3.63, 3.8) is 0 Å². The van der Waals surface area contributed by atoms with E-state index in [9.17, 15) is 14.4 Å². The summed E-state index contributed by atoms with van der Waals surface area (Å²) in [6.07, 6.45) is 0.706. The second-order valence-electron chi connectivity index (χ2n) is 4.71. The molecule has 0 aromatic carbocycles. The van der Waals surface area contributed by atoms with Crippen molar-refractivity contribution in [1.29, 1.82) is 0 Å². The van der Waals surface area contributed by atoms with Gasteiger partial charge in [0, 0.05) is 25.2 Å². The number of nitrogens with zero attached hydrogens (tertiary/aromatic N) is 2. The summed E-state index contributed by atoms with van der Waals surface area (Å²) < 4.78 is 0. The SMILES string of the molecule is CC1=NNC(=O)C1CCN1CC(C(N)=O)CC1=O. The summed E-state index contributed by atoms with van der Waals surface area (Å²) in [6.45, 7) is 2.59. The van der Waals surface area contributed by atoms with Gasteiger partial charge in [0.25, 0.3) is 0 Å². The van der Waals surface area contributed by atoms with Gasteiger partial charge in [-0.1, -0.05) is 0 Å². The number of rotatable bonds is 4. The Bertz CT molecular complexity index is 432. The maximum Gasteiger partial charge on any atom is 0.248 e. The molecule has 2 rings (SSSR count). The molecule has 2 aliphatic rings. The van der Waals surface area contributed by atoms with E-state index in [1.54, 1.807) is 11.8 Å². The predicted molar refractivity (Wildman–Crippen MR) is 63.2 cm³/mol. The first kappa shape index (κ1) is 12.5. The van der Waals surface area contributed by atoms with Gasteiger partial charge in [-0.05, 0) is 13.3 Å². The van der Waals surface area contributed by atoms with Crippen molar-refractivity contribution in [2.24, 2.45) is 22.7 Å². The van der Waals surface area contributed by atoms with Crippen molar-refractivity contribution in [2.45, 2.75) is 19.8 Å². The van der Waals surface area contributed by atoms with Crippen LogP contribution in [0.25, 0.3) is 0 Å². The molecular weight excluding hydrogens is 236 g/mol. The summed E-state index contributed by atoms with van der Waals surface area (Å²) in [7, 11) is 0. The van der Waals surface area contributed by atoms with Crippen LogP contribution in [-0.4, -0.2) is 41.4 Å². The summed E-state index contributed by atoms with van der Waals surface area (Å²) in [6, 6.07) is 0. The third kappa shape index (κ3) is 2.34. The second kappa shape index (κ2) is 4.75. The first-order valence-electron chi connectivity index (χ1n) is 5.90. The van der Waals surface area contributed by atoms with Gasteiger partial charge in [-0.15, -0.1) is 0 Å². The zero-order valence-electron chi connectivity index (χ0n) is 10.2. The highest BCUT2D eigenvalue weighted by Crippen LogP contribution is 2.20. The van der Waals surface area contributed by atoms with Crippen LogP contribution in [0, 0.1) is 11.8 Å². The lowest BCUT2D eigenvalue weighted by molar-refractivity contribution is -0.129. The van der Waals surface area contributed by atoms with E-state index in [2.05, 4.69) is 10.5 Å². The highest BCUT2D eigenvalue weighted by molar-refractivity contribution is 6.06. The van der Waals surface area contributed by atoms with Crippen molar-refractivity contribution < 1.29 is 14.4 Å². The minimum absolute atomic E-state index is 0.0770. The first-order chi connectivity index (χ1) is 8.49. The summed E-state index contributed by atoms with van der Waals surface area (Å²) in [5, 5.41) is 3.85. The van der Waals surface area contributed by atoms with E-state index in [-0.39, 0.29) is 24.2 Å². The molecule has 0 saturated carbocycles. The number of hydrazone groups is 1. The molecule has 0 spiro atoms. The van der Waals surface area contributed by atoms with Crippen molar-refractivity contribution in [3.05, 3.63) is 0 Å². The number of nitrogens with one attached hydrogen (secondary N) is 1. The van der Waals surface area contributed by atoms with Crippen molar-refractivity contribution in [1.82, 2.24) is 10.3 Å². The standard InChI is InChI=1S/C11H16N4O3/c1-6-8(11(18)14-13-6)2-3-15-5-7(10(12)17)4-9(15)16/h7-8H,2-5H2,1H3,(H2,12,17)(H,14,18). The lowest BCUT2D eigenvalue weighted by atomic mass is 10.0. The van der Waals surface area contributed by atoms with Gasteiger partial charge in [0.1, 0.15) is 0 Å². The topological polar surface area (TPSA) is 105 Å². The molecule has 0 bridgehead atoms. The number of carbonyl (C=O) groups is 3. The van der Waals surface area contributed by atoms with Gasteiger partial charge in [-0.25, -0.2) is 5.43 Å². The van der Waals surface area contributed by atoms with Crippen LogP contribution in [0.3, 0.4) is 0 Å². The number of hydrogen-bond acceptors (Lipinski definition) is 4. The van der Waals surface area contributed by atoms with E-state index in [0.717, 1.165) is 5.71 Å². The Labute approximate surface area is 104 Å². The fourth-order valence-electron chi connectivity index (χ4n) is 2.29. The van der Waals surface area contributed by atoms with Crippen LogP contribution in [0.15, 0.2) is 5.10 Å². The van der Waals surface area contributed by atoms with Crippen LogP contribution in [0.1, 0.15) is 19.8 Å². The largest absolute Gasteiger partial charge is 0.369 e. The Morgan fingerprint density at radius 3 is 2.78 bits per heavy atom. The van der Waals surface area contributed by atoms with Crippen LogP contribution in [0.2, 0.25) is 0 Å². The number of hydrogen-bond donors (Lipinski definition) is 2. The van der Waals surface area contributed by atoms with Crippen molar-refractivity contribution in [3.8, 4) is 0 Å². The molecule has 98 valence electrons. The number of primary amides is 1. The van der Waals surface area contributed by atoms with Crippen molar-refractivity contribution in [2.75, 3.05) is 13.1 Å². The molecule has 0 aromatic rings. The molecule has 7 nitrogen and oxygen atoms in total. The molecule has 2 unspecified atom stereocenters. The maximum atomic E-state index is 11.6. The first-order valence-corrected chi connectivity index (χ1v) is 5.90. The molecule has 1 saturated heterocycles. The minimum Gasteiger partial charge on any atom is -0.369 e. The Balaban J connectivity index is 1.88. The van der Waals surface area contributed by atoms with Crippen molar-refractivity contribution >= 4 is 23.4 Å². The molecule has 3 amide bonds. The molecule has 18 heavy (non-hydrogen) atoms. The zero-order valence-corrected chi connectivity index (χ0v) is 10.2.